The lowest BCUT2D eigenvalue weighted by Crippen LogP contribution is -2.14. The first-order valence-corrected chi connectivity index (χ1v) is 11.2. The van der Waals surface area contributed by atoms with Crippen molar-refractivity contribution in [3.8, 4) is 11.3 Å². The Kier molecular flexibility index (Phi) is 7.39. The molecule has 0 radical (unpaired) electrons. The van der Waals surface area contributed by atoms with Crippen LogP contribution in [0.2, 0.25) is 0 Å². The van der Waals surface area contributed by atoms with E-state index in [-0.39, 0.29) is 5.91 Å². The van der Waals surface area contributed by atoms with E-state index in [1.54, 1.807) is 6.33 Å². The van der Waals surface area contributed by atoms with Crippen LogP contribution in [-0.4, -0.2) is 32.4 Å². The van der Waals surface area contributed by atoms with E-state index in [9.17, 15) is 4.79 Å². The third-order valence-electron chi connectivity index (χ3n) is 5.02. The molecule has 2 heterocycles. The average Bonchev–Trinajstić information content (AvgIpc) is 2.83. The summed E-state index contributed by atoms with van der Waals surface area (Å²) in [6.45, 7) is 4.50. The van der Waals surface area contributed by atoms with Crippen LogP contribution in [0.1, 0.15) is 24.2 Å². The van der Waals surface area contributed by atoms with Crippen molar-refractivity contribution in [2.24, 2.45) is 0 Å². The van der Waals surface area contributed by atoms with E-state index >= 15 is 0 Å². The van der Waals surface area contributed by atoms with Gasteiger partial charge in [0.25, 0.3) is 0 Å². The number of hydrogen-bond donors (Lipinski definition) is 3. The number of aromatic nitrogens is 4. The first-order valence-electron chi connectivity index (χ1n) is 11.2. The van der Waals surface area contributed by atoms with E-state index in [4.69, 9.17) is 0 Å². The summed E-state index contributed by atoms with van der Waals surface area (Å²) in [5.41, 5.74) is 5.33. The number of nitrogens with zero attached hydrogens (tertiary/aromatic N) is 4. The molecule has 1 amide bonds. The van der Waals surface area contributed by atoms with Crippen molar-refractivity contribution in [2.75, 3.05) is 22.5 Å². The fourth-order valence-electron chi connectivity index (χ4n) is 3.45. The van der Waals surface area contributed by atoms with Gasteiger partial charge in [0.05, 0.1) is 5.69 Å². The van der Waals surface area contributed by atoms with Crippen LogP contribution in [0.15, 0.2) is 73.1 Å². The van der Waals surface area contributed by atoms with Crippen LogP contribution in [0.4, 0.5) is 23.1 Å². The molecule has 4 aromatic rings. The SMILES string of the molecule is Cc1cc(C)nc(NCCCC(=O)Nc2ccc(Nc3cc(-c4ccccc4)ncn3)cc2)n1. The highest BCUT2D eigenvalue weighted by atomic mass is 16.1. The third-order valence-corrected chi connectivity index (χ3v) is 5.02. The highest BCUT2D eigenvalue weighted by Gasteiger charge is 2.05. The second kappa shape index (κ2) is 11.0. The molecule has 2 aromatic heterocycles. The zero-order chi connectivity index (χ0) is 23.8. The summed E-state index contributed by atoms with van der Waals surface area (Å²) in [7, 11) is 0. The van der Waals surface area contributed by atoms with Gasteiger partial charge in [-0.25, -0.2) is 19.9 Å². The number of anilines is 4. The minimum absolute atomic E-state index is 0.0350. The average molecular weight is 454 g/mol. The van der Waals surface area contributed by atoms with Crippen LogP contribution < -0.4 is 16.0 Å². The van der Waals surface area contributed by atoms with Crippen LogP contribution in [0.3, 0.4) is 0 Å². The quantitative estimate of drug-likeness (QED) is 0.302. The van der Waals surface area contributed by atoms with Crippen molar-refractivity contribution in [3.05, 3.63) is 84.4 Å². The molecule has 0 saturated heterocycles. The number of rotatable bonds is 9. The van der Waals surface area contributed by atoms with Gasteiger partial charge in [0, 0.05) is 47.4 Å². The molecule has 0 aliphatic heterocycles. The molecule has 172 valence electrons. The zero-order valence-corrected chi connectivity index (χ0v) is 19.2. The monoisotopic (exact) mass is 453 g/mol. The largest absolute Gasteiger partial charge is 0.354 e. The van der Waals surface area contributed by atoms with Crippen LogP contribution in [0.25, 0.3) is 11.3 Å². The maximum Gasteiger partial charge on any atom is 0.224 e. The van der Waals surface area contributed by atoms with E-state index in [1.807, 2.05) is 80.6 Å². The normalized spacial score (nSPS) is 10.5. The maximum absolute atomic E-state index is 12.3. The molecule has 3 N–H and O–H groups in total. The molecule has 2 aromatic carbocycles. The minimum atomic E-state index is -0.0350. The molecule has 0 fully saturated rings. The molecule has 0 aliphatic rings. The predicted octanol–water partition coefficient (Wildman–Crippen LogP) is 5.12. The summed E-state index contributed by atoms with van der Waals surface area (Å²) >= 11 is 0. The van der Waals surface area contributed by atoms with Gasteiger partial charge in [0.1, 0.15) is 12.1 Å². The lowest BCUT2D eigenvalue weighted by Gasteiger charge is -2.09. The minimum Gasteiger partial charge on any atom is -0.354 e. The van der Waals surface area contributed by atoms with E-state index in [0.29, 0.717) is 31.2 Å². The summed E-state index contributed by atoms with van der Waals surface area (Å²) in [6.07, 6.45) is 2.63. The van der Waals surface area contributed by atoms with Crippen LogP contribution in [-0.2, 0) is 4.79 Å². The highest BCUT2D eigenvalue weighted by molar-refractivity contribution is 5.90. The van der Waals surface area contributed by atoms with Gasteiger partial charge in [-0.2, -0.15) is 0 Å². The third kappa shape index (κ3) is 6.59. The molecular formula is C26H27N7O. The van der Waals surface area contributed by atoms with Crippen molar-refractivity contribution >= 4 is 29.0 Å². The number of hydrogen-bond acceptors (Lipinski definition) is 7. The van der Waals surface area contributed by atoms with Gasteiger partial charge in [-0.05, 0) is 50.6 Å². The zero-order valence-electron chi connectivity index (χ0n) is 19.2. The Morgan fingerprint density at radius 1 is 0.853 bits per heavy atom. The van der Waals surface area contributed by atoms with Gasteiger partial charge in [-0.3, -0.25) is 4.79 Å². The molecule has 4 rings (SSSR count). The second-order valence-corrected chi connectivity index (χ2v) is 7.91. The lowest BCUT2D eigenvalue weighted by molar-refractivity contribution is -0.116. The Balaban J connectivity index is 1.25. The number of carbonyl (C=O) groups excluding carboxylic acids is 1. The van der Waals surface area contributed by atoms with Gasteiger partial charge in [0.15, 0.2) is 0 Å². The standard InChI is InChI=1S/C26H27N7O/c1-18-15-19(2)31-26(30-18)27-14-6-9-25(34)33-22-12-10-21(11-13-22)32-24-16-23(28-17-29-24)20-7-4-3-5-8-20/h3-5,7-8,10-13,15-17H,6,9,14H2,1-2H3,(H,33,34)(H,27,30,31)(H,28,29,32). The van der Waals surface area contributed by atoms with Crippen LogP contribution in [0.5, 0.6) is 0 Å². The Hall–Kier alpha value is -4.33. The summed E-state index contributed by atoms with van der Waals surface area (Å²) < 4.78 is 0. The highest BCUT2D eigenvalue weighted by Crippen LogP contribution is 2.22. The smallest absolute Gasteiger partial charge is 0.224 e. The fraction of sp³-hybridized carbons (Fsp3) is 0.192. The van der Waals surface area contributed by atoms with Crippen molar-refractivity contribution in [2.45, 2.75) is 26.7 Å². The predicted molar refractivity (Wildman–Crippen MR) is 135 cm³/mol. The molecular weight excluding hydrogens is 426 g/mol. The Bertz CT molecular complexity index is 1220. The summed E-state index contributed by atoms with van der Waals surface area (Å²) in [5.74, 6) is 1.26. The van der Waals surface area contributed by atoms with Gasteiger partial charge in [0.2, 0.25) is 11.9 Å². The topological polar surface area (TPSA) is 105 Å². The van der Waals surface area contributed by atoms with E-state index < -0.39 is 0 Å². The van der Waals surface area contributed by atoms with Crippen molar-refractivity contribution in [1.82, 2.24) is 19.9 Å². The summed E-state index contributed by atoms with van der Waals surface area (Å²) in [4.78, 5) is 29.6. The fourth-order valence-corrected chi connectivity index (χ4v) is 3.45. The first kappa shape index (κ1) is 22.8. The van der Waals surface area contributed by atoms with Gasteiger partial charge in [-0.1, -0.05) is 30.3 Å². The molecule has 0 saturated carbocycles. The van der Waals surface area contributed by atoms with Gasteiger partial charge < -0.3 is 16.0 Å². The molecule has 8 nitrogen and oxygen atoms in total. The molecule has 0 aliphatic carbocycles. The molecule has 0 spiro atoms. The number of carbonyl (C=O) groups is 1. The number of aryl methyl sites for hydroxylation is 2. The summed E-state index contributed by atoms with van der Waals surface area (Å²) in [6, 6.07) is 21.3. The van der Waals surface area contributed by atoms with Gasteiger partial charge in [-0.15, -0.1) is 0 Å². The molecule has 0 atom stereocenters. The van der Waals surface area contributed by atoms with Crippen LogP contribution in [0, 0.1) is 13.8 Å². The Morgan fingerprint density at radius 3 is 2.29 bits per heavy atom. The lowest BCUT2D eigenvalue weighted by atomic mass is 10.1. The number of benzene rings is 2. The van der Waals surface area contributed by atoms with Gasteiger partial charge >= 0.3 is 0 Å². The molecule has 8 heteroatoms. The van der Waals surface area contributed by atoms with Crippen molar-refractivity contribution < 1.29 is 4.79 Å². The van der Waals surface area contributed by atoms with E-state index in [0.717, 1.165) is 34.0 Å². The van der Waals surface area contributed by atoms with Crippen molar-refractivity contribution in [3.63, 3.8) is 0 Å². The Morgan fingerprint density at radius 2 is 1.56 bits per heavy atom. The molecule has 0 unspecified atom stereocenters. The second-order valence-electron chi connectivity index (χ2n) is 7.91. The molecule has 34 heavy (non-hydrogen) atoms. The molecule has 0 bridgehead atoms. The maximum atomic E-state index is 12.3. The first-order chi connectivity index (χ1) is 16.5. The number of amides is 1. The van der Waals surface area contributed by atoms with Crippen molar-refractivity contribution in [1.29, 1.82) is 0 Å². The van der Waals surface area contributed by atoms with Crippen LogP contribution >= 0.6 is 0 Å². The van der Waals surface area contributed by atoms with E-state index in [2.05, 4.69) is 35.9 Å². The Labute approximate surface area is 198 Å². The number of nitrogens with one attached hydrogen (secondary N) is 3. The summed E-state index contributed by atoms with van der Waals surface area (Å²) in [5, 5.41) is 9.37. The van der Waals surface area contributed by atoms with E-state index in [1.165, 1.54) is 0 Å².